The number of aliphatic imine (C=N–C) groups is 1. The minimum Gasteiger partial charge on any atom is -0.507 e. The molecule has 0 unspecified atom stereocenters. The average molecular weight is 322 g/mol. The molecule has 0 saturated carbocycles. The van der Waals surface area contributed by atoms with E-state index in [1.165, 1.54) is 24.4 Å². The molecule has 0 amide bonds. The van der Waals surface area contributed by atoms with Gasteiger partial charge in [0.1, 0.15) is 17.2 Å². The van der Waals surface area contributed by atoms with Gasteiger partial charge in [-0.15, -0.1) is 0 Å². The van der Waals surface area contributed by atoms with E-state index in [1.54, 1.807) is 30.3 Å². The number of hydrogen-bond acceptors (Lipinski definition) is 5. The van der Waals surface area contributed by atoms with E-state index in [0.29, 0.717) is 22.0 Å². The van der Waals surface area contributed by atoms with Gasteiger partial charge in [-0.3, -0.25) is 15.1 Å². The third-order valence-corrected chi connectivity index (χ3v) is 3.70. The van der Waals surface area contributed by atoms with Gasteiger partial charge in [-0.25, -0.2) is 0 Å². The molecule has 0 aliphatic heterocycles. The zero-order chi connectivity index (χ0) is 17.3. The lowest BCUT2D eigenvalue weighted by molar-refractivity contribution is -0.384. The number of nitro groups is 1. The number of nitrogens with zero attached hydrogens (tertiary/aromatic N) is 2. The van der Waals surface area contributed by atoms with Crippen molar-refractivity contribution in [2.24, 2.45) is 4.99 Å². The van der Waals surface area contributed by atoms with Crippen LogP contribution in [-0.4, -0.2) is 21.4 Å². The number of non-ortho nitro benzene ring substituents is 1. The first-order valence-corrected chi connectivity index (χ1v) is 7.19. The molecule has 0 heterocycles. The zero-order valence-electron chi connectivity index (χ0n) is 12.8. The lowest BCUT2D eigenvalue weighted by Crippen LogP contribution is -1.90. The van der Waals surface area contributed by atoms with E-state index in [2.05, 4.69) is 4.99 Å². The maximum Gasteiger partial charge on any atom is 0.270 e. The molecular weight excluding hydrogens is 308 g/mol. The van der Waals surface area contributed by atoms with Gasteiger partial charge in [0, 0.05) is 23.9 Å². The van der Waals surface area contributed by atoms with Crippen molar-refractivity contribution in [3.8, 4) is 11.5 Å². The second-order valence-electron chi connectivity index (χ2n) is 5.41. The van der Waals surface area contributed by atoms with Gasteiger partial charge in [-0.1, -0.05) is 12.1 Å². The summed E-state index contributed by atoms with van der Waals surface area (Å²) in [5, 5.41) is 32.1. The molecule has 6 heteroatoms. The normalized spacial score (nSPS) is 11.2. The molecule has 3 aromatic rings. The summed E-state index contributed by atoms with van der Waals surface area (Å²) in [4.78, 5) is 14.6. The summed E-state index contributed by atoms with van der Waals surface area (Å²) >= 11 is 0. The zero-order valence-corrected chi connectivity index (χ0v) is 12.8. The van der Waals surface area contributed by atoms with Crippen molar-refractivity contribution in [3.63, 3.8) is 0 Å². The summed E-state index contributed by atoms with van der Waals surface area (Å²) in [7, 11) is 0. The molecule has 2 N–H and O–H groups in total. The first kappa shape index (κ1) is 15.5. The Morgan fingerprint density at radius 2 is 1.79 bits per heavy atom. The van der Waals surface area contributed by atoms with E-state index in [0.717, 1.165) is 5.56 Å². The van der Waals surface area contributed by atoms with Crippen LogP contribution in [0.25, 0.3) is 10.8 Å². The monoisotopic (exact) mass is 322 g/mol. The second kappa shape index (κ2) is 6.00. The molecule has 0 aromatic heterocycles. The first-order chi connectivity index (χ1) is 11.5. The number of nitro benzene ring substituents is 1. The summed E-state index contributed by atoms with van der Waals surface area (Å²) < 4.78 is 0. The number of rotatable bonds is 3. The van der Waals surface area contributed by atoms with Crippen molar-refractivity contribution in [1.29, 1.82) is 0 Å². The van der Waals surface area contributed by atoms with Crippen LogP contribution in [0.4, 0.5) is 11.4 Å². The van der Waals surface area contributed by atoms with E-state index in [9.17, 15) is 20.3 Å². The van der Waals surface area contributed by atoms with Crippen LogP contribution in [0.3, 0.4) is 0 Å². The smallest absolute Gasteiger partial charge is 0.270 e. The van der Waals surface area contributed by atoms with Crippen molar-refractivity contribution >= 4 is 28.4 Å². The SMILES string of the molecule is Cc1ccc(O)c(N=Cc2c(O)ccc3cc([N+](=O)[O-])ccc23)c1. The highest BCUT2D eigenvalue weighted by molar-refractivity contribution is 6.03. The molecule has 0 saturated heterocycles. The second-order valence-corrected chi connectivity index (χ2v) is 5.41. The molecule has 0 bridgehead atoms. The number of benzene rings is 3. The summed E-state index contributed by atoms with van der Waals surface area (Å²) in [6.07, 6.45) is 1.44. The maximum atomic E-state index is 10.9. The summed E-state index contributed by atoms with van der Waals surface area (Å²) in [6, 6.07) is 12.5. The number of aromatic hydroxyl groups is 2. The lowest BCUT2D eigenvalue weighted by atomic mass is 10.0. The highest BCUT2D eigenvalue weighted by Crippen LogP contribution is 2.31. The average Bonchev–Trinajstić information content (AvgIpc) is 2.56. The topological polar surface area (TPSA) is 96.0 Å². The Morgan fingerprint density at radius 3 is 2.54 bits per heavy atom. The Balaban J connectivity index is 2.11. The molecular formula is C18H14N2O4. The predicted molar refractivity (Wildman–Crippen MR) is 92.4 cm³/mol. The van der Waals surface area contributed by atoms with Crippen LogP contribution in [0.15, 0.2) is 53.5 Å². The van der Waals surface area contributed by atoms with Crippen LogP contribution in [0, 0.1) is 17.0 Å². The van der Waals surface area contributed by atoms with Gasteiger partial charge < -0.3 is 10.2 Å². The number of phenolic OH excluding ortho intramolecular Hbond substituents is 2. The summed E-state index contributed by atoms with van der Waals surface area (Å²) in [5.41, 5.74) is 1.74. The van der Waals surface area contributed by atoms with E-state index in [-0.39, 0.29) is 17.2 Å². The van der Waals surface area contributed by atoms with Crippen LogP contribution < -0.4 is 0 Å². The quantitative estimate of drug-likeness (QED) is 0.429. The number of phenols is 2. The van der Waals surface area contributed by atoms with E-state index < -0.39 is 4.92 Å². The van der Waals surface area contributed by atoms with Crippen molar-refractivity contribution in [2.45, 2.75) is 6.92 Å². The van der Waals surface area contributed by atoms with E-state index in [4.69, 9.17) is 0 Å². The van der Waals surface area contributed by atoms with Gasteiger partial charge in [-0.05, 0) is 47.5 Å². The third-order valence-electron chi connectivity index (χ3n) is 3.70. The van der Waals surface area contributed by atoms with Crippen LogP contribution in [0.1, 0.15) is 11.1 Å². The molecule has 0 aliphatic rings. The van der Waals surface area contributed by atoms with Gasteiger partial charge in [0.05, 0.1) is 4.92 Å². The van der Waals surface area contributed by atoms with Gasteiger partial charge in [-0.2, -0.15) is 0 Å². The van der Waals surface area contributed by atoms with Crippen molar-refractivity contribution in [3.05, 3.63) is 69.8 Å². The maximum absolute atomic E-state index is 10.9. The Morgan fingerprint density at radius 1 is 1.04 bits per heavy atom. The fraction of sp³-hybridized carbons (Fsp3) is 0.0556. The molecule has 0 atom stereocenters. The van der Waals surface area contributed by atoms with Crippen LogP contribution in [0.2, 0.25) is 0 Å². The van der Waals surface area contributed by atoms with Crippen molar-refractivity contribution in [2.75, 3.05) is 0 Å². The van der Waals surface area contributed by atoms with Crippen molar-refractivity contribution < 1.29 is 15.1 Å². The third kappa shape index (κ3) is 2.89. The van der Waals surface area contributed by atoms with Crippen LogP contribution in [0.5, 0.6) is 11.5 Å². The molecule has 0 spiro atoms. The molecule has 3 aromatic carbocycles. The largest absolute Gasteiger partial charge is 0.507 e. The summed E-state index contributed by atoms with van der Waals surface area (Å²) in [6.45, 7) is 1.88. The minimum absolute atomic E-state index is 0.00671. The molecule has 0 radical (unpaired) electrons. The van der Waals surface area contributed by atoms with Crippen LogP contribution in [-0.2, 0) is 0 Å². The first-order valence-electron chi connectivity index (χ1n) is 7.19. The predicted octanol–water partition coefficient (Wildman–Crippen LogP) is 4.22. The molecule has 3 rings (SSSR count). The summed E-state index contributed by atoms with van der Waals surface area (Å²) in [5.74, 6) is 0.0412. The van der Waals surface area contributed by atoms with Crippen molar-refractivity contribution in [1.82, 2.24) is 0 Å². The van der Waals surface area contributed by atoms with Gasteiger partial charge in [0.15, 0.2) is 0 Å². The minimum atomic E-state index is -0.467. The highest BCUT2D eigenvalue weighted by atomic mass is 16.6. The molecule has 0 aliphatic carbocycles. The van der Waals surface area contributed by atoms with E-state index >= 15 is 0 Å². The fourth-order valence-corrected chi connectivity index (χ4v) is 2.45. The Labute approximate surface area is 137 Å². The number of hydrogen-bond donors (Lipinski definition) is 2. The molecule has 120 valence electrons. The van der Waals surface area contributed by atoms with Gasteiger partial charge in [0.2, 0.25) is 0 Å². The van der Waals surface area contributed by atoms with Gasteiger partial charge >= 0.3 is 0 Å². The van der Waals surface area contributed by atoms with E-state index in [1.807, 2.05) is 6.92 Å². The highest BCUT2D eigenvalue weighted by Gasteiger charge is 2.10. The van der Waals surface area contributed by atoms with Gasteiger partial charge in [0.25, 0.3) is 5.69 Å². The van der Waals surface area contributed by atoms with Crippen LogP contribution >= 0.6 is 0 Å². The molecule has 6 nitrogen and oxygen atoms in total. The Hall–Kier alpha value is -3.41. The lowest BCUT2D eigenvalue weighted by Gasteiger charge is -2.05. The number of aryl methyl sites for hydroxylation is 1. The fourth-order valence-electron chi connectivity index (χ4n) is 2.45. The Bertz CT molecular complexity index is 980. The Kier molecular flexibility index (Phi) is 3.87. The number of fused-ring (bicyclic) bond motifs is 1. The standard InChI is InChI=1S/C18H14N2O4/c1-11-2-6-18(22)16(8-11)19-10-15-14-5-4-13(20(23)24)9-12(14)3-7-17(15)21/h2-10,21-22H,1H3. The molecule has 24 heavy (non-hydrogen) atoms. The molecule has 0 fully saturated rings.